The van der Waals surface area contributed by atoms with Gasteiger partial charge in [0.15, 0.2) is 6.10 Å². The van der Waals surface area contributed by atoms with Gasteiger partial charge >= 0.3 is 5.97 Å². The van der Waals surface area contributed by atoms with Gasteiger partial charge in [0.2, 0.25) is 0 Å². The Morgan fingerprint density at radius 3 is 2.28 bits per heavy atom. The Hall–Kier alpha value is -1.84. The molecule has 1 unspecified atom stereocenters. The van der Waals surface area contributed by atoms with Crippen LogP contribution in [0.5, 0.6) is 0 Å². The summed E-state index contributed by atoms with van der Waals surface area (Å²) >= 11 is 5.90. The summed E-state index contributed by atoms with van der Waals surface area (Å²) in [5, 5.41) is 18.7. The van der Waals surface area contributed by atoms with Crippen molar-refractivity contribution in [2.45, 2.75) is 6.10 Å². The third-order valence-corrected chi connectivity index (χ3v) is 2.85. The van der Waals surface area contributed by atoms with E-state index in [4.69, 9.17) is 16.7 Å². The summed E-state index contributed by atoms with van der Waals surface area (Å²) in [5.74, 6) is -1.26. The fraction of sp³-hybridized carbons (Fsp3) is 0.0714. The van der Waals surface area contributed by atoms with E-state index >= 15 is 0 Å². The van der Waals surface area contributed by atoms with Crippen molar-refractivity contribution in [3.05, 3.63) is 59.1 Å². The molecule has 0 spiro atoms. The molecule has 0 aliphatic carbocycles. The van der Waals surface area contributed by atoms with Crippen molar-refractivity contribution < 1.29 is 15.0 Å². The second-order valence-electron chi connectivity index (χ2n) is 3.87. The number of halogens is 1. The Labute approximate surface area is 109 Å². The molecular formula is C14H11ClO3. The van der Waals surface area contributed by atoms with E-state index in [0.29, 0.717) is 10.6 Å². The number of carboxylic acid groups (broad SMARTS) is 1. The number of hydrogen-bond donors (Lipinski definition) is 2. The molecular weight excluding hydrogens is 252 g/mol. The van der Waals surface area contributed by atoms with Gasteiger partial charge in [-0.3, -0.25) is 0 Å². The molecule has 0 bridgehead atoms. The number of hydrogen-bond acceptors (Lipinski definition) is 2. The monoisotopic (exact) mass is 262 g/mol. The second-order valence-corrected chi connectivity index (χ2v) is 4.31. The van der Waals surface area contributed by atoms with Crippen LogP contribution >= 0.6 is 11.6 Å². The van der Waals surface area contributed by atoms with E-state index in [1.807, 2.05) is 18.2 Å². The number of carbonyl (C=O) groups is 1. The molecule has 1 atom stereocenters. The standard InChI is InChI=1S/C14H11ClO3/c15-12-3-1-2-11(8-12)9-4-6-10(7-5-9)13(16)14(17)18/h1-8,13,16H,(H,17,18). The number of aliphatic carboxylic acids is 1. The summed E-state index contributed by atoms with van der Waals surface area (Å²) in [6.45, 7) is 0. The zero-order valence-corrected chi connectivity index (χ0v) is 10.1. The molecule has 92 valence electrons. The molecule has 2 aromatic carbocycles. The van der Waals surface area contributed by atoms with Crippen molar-refractivity contribution in [2.24, 2.45) is 0 Å². The van der Waals surface area contributed by atoms with Crippen LogP contribution in [0.25, 0.3) is 11.1 Å². The molecule has 2 aromatic rings. The van der Waals surface area contributed by atoms with Gasteiger partial charge < -0.3 is 10.2 Å². The molecule has 0 fully saturated rings. The van der Waals surface area contributed by atoms with E-state index in [0.717, 1.165) is 11.1 Å². The van der Waals surface area contributed by atoms with Gasteiger partial charge in [-0.15, -0.1) is 0 Å². The van der Waals surface area contributed by atoms with E-state index in [1.54, 1.807) is 30.3 Å². The quantitative estimate of drug-likeness (QED) is 0.893. The Kier molecular flexibility index (Phi) is 3.65. The molecule has 2 N–H and O–H groups in total. The highest BCUT2D eigenvalue weighted by atomic mass is 35.5. The van der Waals surface area contributed by atoms with Crippen LogP contribution in [0.3, 0.4) is 0 Å². The summed E-state index contributed by atoms with van der Waals surface area (Å²) in [6, 6.07) is 14.1. The Morgan fingerprint density at radius 1 is 1.06 bits per heavy atom. The minimum atomic E-state index is -1.49. The van der Waals surface area contributed by atoms with Gasteiger partial charge in [-0.25, -0.2) is 4.79 Å². The van der Waals surface area contributed by atoms with Crippen LogP contribution in [0.15, 0.2) is 48.5 Å². The molecule has 2 rings (SSSR count). The fourth-order valence-corrected chi connectivity index (χ4v) is 1.86. The molecule has 0 radical (unpaired) electrons. The smallest absolute Gasteiger partial charge is 0.337 e. The van der Waals surface area contributed by atoms with E-state index < -0.39 is 12.1 Å². The van der Waals surface area contributed by atoms with E-state index in [1.165, 1.54) is 0 Å². The highest BCUT2D eigenvalue weighted by Gasteiger charge is 2.15. The van der Waals surface area contributed by atoms with Gasteiger partial charge in [-0.2, -0.15) is 0 Å². The number of aliphatic hydroxyl groups is 1. The van der Waals surface area contributed by atoms with Crippen LogP contribution < -0.4 is 0 Å². The molecule has 0 heterocycles. The predicted molar refractivity (Wildman–Crippen MR) is 69.5 cm³/mol. The average Bonchev–Trinajstić information content (AvgIpc) is 2.38. The van der Waals surface area contributed by atoms with E-state index in [2.05, 4.69) is 0 Å². The Balaban J connectivity index is 2.30. The van der Waals surface area contributed by atoms with Crippen molar-refractivity contribution in [1.82, 2.24) is 0 Å². The molecule has 0 saturated carbocycles. The van der Waals surface area contributed by atoms with Gasteiger partial charge in [0.1, 0.15) is 0 Å². The highest BCUT2D eigenvalue weighted by Crippen LogP contribution is 2.24. The van der Waals surface area contributed by atoms with Gasteiger partial charge in [-0.05, 0) is 28.8 Å². The minimum absolute atomic E-state index is 0.355. The normalized spacial score (nSPS) is 12.1. The van der Waals surface area contributed by atoms with Gasteiger partial charge in [0, 0.05) is 5.02 Å². The van der Waals surface area contributed by atoms with Crippen molar-refractivity contribution in [3.8, 4) is 11.1 Å². The molecule has 0 amide bonds. The second kappa shape index (κ2) is 5.21. The molecule has 0 saturated heterocycles. The summed E-state index contributed by atoms with van der Waals surface area (Å²) in [5.41, 5.74) is 2.21. The highest BCUT2D eigenvalue weighted by molar-refractivity contribution is 6.30. The lowest BCUT2D eigenvalue weighted by Gasteiger charge is -2.07. The van der Waals surface area contributed by atoms with Crippen LogP contribution in [0.4, 0.5) is 0 Å². The number of aliphatic hydroxyl groups excluding tert-OH is 1. The maximum absolute atomic E-state index is 10.6. The summed E-state index contributed by atoms with van der Waals surface area (Å²) in [6.07, 6.45) is -1.49. The number of benzene rings is 2. The zero-order valence-electron chi connectivity index (χ0n) is 9.38. The topological polar surface area (TPSA) is 57.5 Å². The van der Waals surface area contributed by atoms with E-state index in [9.17, 15) is 9.90 Å². The lowest BCUT2D eigenvalue weighted by atomic mass is 10.0. The first-order chi connectivity index (χ1) is 8.58. The summed E-state index contributed by atoms with van der Waals surface area (Å²) in [4.78, 5) is 10.6. The lowest BCUT2D eigenvalue weighted by Crippen LogP contribution is -2.09. The maximum Gasteiger partial charge on any atom is 0.337 e. The fourth-order valence-electron chi connectivity index (χ4n) is 1.67. The summed E-state index contributed by atoms with van der Waals surface area (Å²) in [7, 11) is 0. The molecule has 4 heteroatoms. The van der Waals surface area contributed by atoms with Crippen LogP contribution in [-0.4, -0.2) is 16.2 Å². The van der Waals surface area contributed by atoms with Crippen molar-refractivity contribution in [1.29, 1.82) is 0 Å². The van der Waals surface area contributed by atoms with Crippen LogP contribution in [0.2, 0.25) is 5.02 Å². The predicted octanol–water partition coefficient (Wildman–Crippen LogP) is 3.13. The Bertz CT molecular complexity index is 564. The third-order valence-electron chi connectivity index (χ3n) is 2.62. The zero-order chi connectivity index (χ0) is 13.1. The first-order valence-corrected chi connectivity index (χ1v) is 5.72. The number of rotatable bonds is 3. The lowest BCUT2D eigenvalue weighted by molar-refractivity contribution is -0.146. The SMILES string of the molecule is O=C(O)C(O)c1ccc(-c2cccc(Cl)c2)cc1. The van der Waals surface area contributed by atoms with Gasteiger partial charge in [-0.1, -0.05) is 48.0 Å². The molecule has 0 aliphatic rings. The van der Waals surface area contributed by atoms with Crippen molar-refractivity contribution in [3.63, 3.8) is 0 Å². The molecule has 0 aliphatic heterocycles. The van der Waals surface area contributed by atoms with Crippen LogP contribution in [0.1, 0.15) is 11.7 Å². The first-order valence-electron chi connectivity index (χ1n) is 5.34. The summed E-state index contributed by atoms with van der Waals surface area (Å²) < 4.78 is 0. The maximum atomic E-state index is 10.6. The third kappa shape index (κ3) is 2.70. The first kappa shape index (κ1) is 12.6. The average molecular weight is 263 g/mol. The van der Waals surface area contributed by atoms with Gasteiger partial charge in [0.25, 0.3) is 0 Å². The number of carboxylic acids is 1. The van der Waals surface area contributed by atoms with Crippen LogP contribution in [0, 0.1) is 0 Å². The van der Waals surface area contributed by atoms with Crippen LogP contribution in [-0.2, 0) is 4.79 Å². The van der Waals surface area contributed by atoms with E-state index in [-0.39, 0.29) is 0 Å². The molecule has 0 aromatic heterocycles. The van der Waals surface area contributed by atoms with Gasteiger partial charge in [0.05, 0.1) is 0 Å². The minimum Gasteiger partial charge on any atom is -0.479 e. The molecule has 3 nitrogen and oxygen atoms in total. The van der Waals surface area contributed by atoms with Crippen molar-refractivity contribution >= 4 is 17.6 Å². The van der Waals surface area contributed by atoms with Crippen molar-refractivity contribution in [2.75, 3.05) is 0 Å². The molecule has 18 heavy (non-hydrogen) atoms. The Morgan fingerprint density at radius 2 is 1.72 bits per heavy atom. The largest absolute Gasteiger partial charge is 0.479 e.